The Balaban J connectivity index is 1.51. The quantitative estimate of drug-likeness (QED) is 0.220. The van der Waals surface area contributed by atoms with Crippen molar-refractivity contribution < 1.29 is 45.4 Å². The number of rotatable bonds is 8. The van der Waals surface area contributed by atoms with Gasteiger partial charge in [0, 0.05) is 28.2 Å². The summed E-state index contributed by atoms with van der Waals surface area (Å²) in [6.07, 6.45) is -4.83. The number of urea groups is 1. The number of sulfonamides is 1. The van der Waals surface area contributed by atoms with Crippen molar-refractivity contribution in [3.63, 3.8) is 0 Å². The molecule has 0 aliphatic rings. The average molecular weight is 566 g/mol. The van der Waals surface area contributed by atoms with Gasteiger partial charge in [-0.05, 0) is 60.5 Å². The topological polar surface area (TPSA) is 147 Å². The lowest BCUT2D eigenvalue weighted by atomic mass is 10.1. The molecule has 1 heterocycles. The van der Waals surface area contributed by atoms with E-state index < -0.39 is 46.1 Å². The lowest BCUT2D eigenvalue weighted by Gasteiger charge is -2.17. The number of halogens is 3. The fourth-order valence-electron chi connectivity index (χ4n) is 3.74. The summed E-state index contributed by atoms with van der Waals surface area (Å²) in [7, 11) is -4.15. The summed E-state index contributed by atoms with van der Waals surface area (Å²) >= 11 is 0. The molecule has 0 radical (unpaired) electrons. The Morgan fingerprint density at radius 2 is 1.54 bits per heavy atom. The smallest absolute Gasteiger partial charge is 0.480 e. The minimum atomic E-state index is -4.83. The van der Waals surface area contributed by atoms with Gasteiger partial charge >= 0.3 is 18.4 Å². The molecule has 206 valence electrons. The van der Waals surface area contributed by atoms with Crippen molar-refractivity contribution in [2.75, 3.05) is 10.6 Å². The maximum Gasteiger partial charge on any atom is 0.573 e. The molecule has 0 saturated carbocycles. The van der Waals surface area contributed by atoms with Crippen LogP contribution in [-0.4, -0.2) is 37.9 Å². The number of carboxylic acid groups (broad SMARTS) is 1. The molecule has 3 aromatic carbocycles. The molecule has 4 N–H and O–H groups in total. The number of furan rings is 1. The van der Waals surface area contributed by atoms with Gasteiger partial charge in [0.1, 0.15) is 23.0 Å². The fourth-order valence-corrected chi connectivity index (χ4v) is 5.11. The van der Waals surface area contributed by atoms with Gasteiger partial charge in [0.25, 0.3) is 0 Å². The zero-order valence-corrected chi connectivity index (χ0v) is 21.2. The number of hydrogen-bond acceptors (Lipinski definition) is 6. The summed E-state index contributed by atoms with van der Waals surface area (Å²) in [5, 5.41) is 15.4. The first-order valence-electron chi connectivity index (χ1n) is 11.4. The zero-order chi connectivity index (χ0) is 28.5. The van der Waals surface area contributed by atoms with Crippen LogP contribution in [0, 0.1) is 5.92 Å². The van der Waals surface area contributed by atoms with E-state index >= 15 is 0 Å². The largest absolute Gasteiger partial charge is 0.573 e. The van der Waals surface area contributed by atoms with Crippen LogP contribution in [0.15, 0.2) is 70.0 Å². The molecule has 1 unspecified atom stereocenters. The molecular formula is C25H22F3N3O7S. The maximum atomic E-state index is 12.8. The molecule has 4 aromatic rings. The Morgan fingerprint density at radius 1 is 0.897 bits per heavy atom. The zero-order valence-electron chi connectivity index (χ0n) is 20.4. The van der Waals surface area contributed by atoms with Crippen LogP contribution in [0.3, 0.4) is 0 Å². The number of fused-ring (bicyclic) bond motifs is 3. The molecule has 0 spiro atoms. The molecule has 0 bridgehead atoms. The highest BCUT2D eigenvalue weighted by Crippen LogP contribution is 2.32. The summed E-state index contributed by atoms with van der Waals surface area (Å²) in [6.45, 7) is 3.17. The summed E-state index contributed by atoms with van der Waals surface area (Å²) in [5.41, 5.74) is 1.25. The second-order valence-corrected chi connectivity index (χ2v) is 10.5. The monoisotopic (exact) mass is 565 g/mol. The van der Waals surface area contributed by atoms with Gasteiger partial charge in [-0.2, -0.15) is 4.72 Å². The Kier molecular flexibility index (Phi) is 7.44. The lowest BCUT2D eigenvalue weighted by Crippen LogP contribution is -2.44. The van der Waals surface area contributed by atoms with Gasteiger partial charge in [-0.3, -0.25) is 4.79 Å². The van der Waals surface area contributed by atoms with Crippen molar-refractivity contribution in [2.24, 2.45) is 5.92 Å². The number of carboxylic acids is 1. The standard InChI is InChI=1S/C25H22F3N3O7S/c1-13(2)22(23(32)33)31-39(35,36)17-8-10-20-19(12-17)18-9-5-15(11-21(18)37-20)30-24(34)29-14-3-6-16(7-4-14)38-25(26,27)28/h3-13,22,31H,1-2H3,(H,32,33)(H2,29,30,34). The highest BCUT2D eigenvalue weighted by Gasteiger charge is 2.31. The second kappa shape index (κ2) is 10.5. The van der Waals surface area contributed by atoms with E-state index in [-0.39, 0.29) is 10.6 Å². The first kappa shape index (κ1) is 27.7. The number of carbonyl (C=O) groups excluding carboxylic acids is 1. The Hall–Kier alpha value is -4.30. The second-order valence-electron chi connectivity index (χ2n) is 8.80. The van der Waals surface area contributed by atoms with Gasteiger partial charge in [-0.15, -0.1) is 13.2 Å². The third kappa shape index (κ3) is 6.59. The molecule has 0 aliphatic heterocycles. The first-order valence-corrected chi connectivity index (χ1v) is 12.9. The van der Waals surface area contributed by atoms with Crippen LogP contribution >= 0.6 is 0 Å². The number of ether oxygens (including phenoxy) is 1. The van der Waals surface area contributed by atoms with E-state index in [0.29, 0.717) is 27.6 Å². The third-order valence-electron chi connectivity index (χ3n) is 5.57. The molecule has 14 heteroatoms. The molecule has 1 atom stereocenters. The normalized spacial score (nSPS) is 13.0. The molecule has 0 fully saturated rings. The predicted molar refractivity (Wildman–Crippen MR) is 136 cm³/mol. The molecule has 0 aliphatic carbocycles. The number of nitrogens with one attached hydrogen (secondary N) is 3. The van der Waals surface area contributed by atoms with E-state index in [1.807, 2.05) is 0 Å². The van der Waals surface area contributed by atoms with Crippen molar-refractivity contribution in [1.29, 1.82) is 0 Å². The van der Waals surface area contributed by atoms with Crippen molar-refractivity contribution in [3.8, 4) is 5.75 Å². The van der Waals surface area contributed by atoms with E-state index in [0.717, 1.165) is 12.1 Å². The molecule has 2 amide bonds. The minimum absolute atomic E-state index is 0.141. The van der Waals surface area contributed by atoms with Gasteiger partial charge in [-0.1, -0.05) is 13.8 Å². The first-order chi connectivity index (χ1) is 18.2. The lowest BCUT2D eigenvalue weighted by molar-refractivity contribution is -0.274. The molecule has 39 heavy (non-hydrogen) atoms. The van der Waals surface area contributed by atoms with Crippen LogP contribution in [-0.2, 0) is 14.8 Å². The van der Waals surface area contributed by atoms with E-state index in [1.54, 1.807) is 26.0 Å². The average Bonchev–Trinajstić information content (AvgIpc) is 3.19. The van der Waals surface area contributed by atoms with Crippen LogP contribution in [0.25, 0.3) is 21.9 Å². The summed E-state index contributed by atoms with van der Waals surface area (Å²) in [6, 6.07) is 11.4. The number of aliphatic carboxylic acids is 1. The number of hydrogen-bond donors (Lipinski definition) is 4. The van der Waals surface area contributed by atoms with E-state index in [2.05, 4.69) is 20.1 Å². The van der Waals surface area contributed by atoms with Crippen LogP contribution in [0.2, 0.25) is 0 Å². The van der Waals surface area contributed by atoms with Crippen LogP contribution < -0.4 is 20.1 Å². The predicted octanol–water partition coefficient (Wildman–Crippen LogP) is 5.52. The van der Waals surface area contributed by atoms with Gasteiger partial charge in [0.2, 0.25) is 10.0 Å². The number of benzene rings is 3. The van der Waals surface area contributed by atoms with Crippen LogP contribution in [0.1, 0.15) is 13.8 Å². The molecule has 10 nitrogen and oxygen atoms in total. The highest BCUT2D eigenvalue weighted by atomic mass is 32.2. The molecule has 4 rings (SSSR count). The summed E-state index contributed by atoms with van der Waals surface area (Å²) in [4.78, 5) is 23.7. The third-order valence-corrected chi connectivity index (χ3v) is 7.01. The van der Waals surface area contributed by atoms with Gasteiger partial charge < -0.3 is 24.9 Å². The highest BCUT2D eigenvalue weighted by molar-refractivity contribution is 7.89. The van der Waals surface area contributed by atoms with Crippen LogP contribution in [0.5, 0.6) is 5.75 Å². The van der Waals surface area contributed by atoms with E-state index in [1.165, 1.54) is 36.4 Å². The van der Waals surface area contributed by atoms with Gasteiger partial charge in [-0.25, -0.2) is 13.2 Å². The molecule has 0 saturated heterocycles. The molecule has 1 aromatic heterocycles. The van der Waals surface area contributed by atoms with Gasteiger partial charge in [0.05, 0.1) is 4.90 Å². The SMILES string of the molecule is CC(C)C(NS(=O)(=O)c1ccc2oc3cc(NC(=O)Nc4ccc(OC(F)(F)F)cc4)ccc3c2c1)C(=O)O. The number of carbonyl (C=O) groups is 2. The van der Waals surface area contributed by atoms with E-state index in [4.69, 9.17) is 4.42 Å². The fraction of sp³-hybridized carbons (Fsp3) is 0.200. The van der Waals surface area contributed by atoms with Crippen molar-refractivity contribution in [2.45, 2.75) is 31.1 Å². The maximum absolute atomic E-state index is 12.8. The number of alkyl halides is 3. The summed E-state index contributed by atoms with van der Waals surface area (Å²) < 4.78 is 74.3. The Labute approximate surface area is 219 Å². The Bertz CT molecular complexity index is 1650. The minimum Gasteiger partial charge on any atom is -0.480 e. The van der Waals surface area contributed by atoms with Crippen molar-refractivity contribution in [3.05, 3.63) is 60.7 Å². The molecular weight excluding hydrogens is 543 g/mol. The number of anilines is 2. The van der Waals surface area contributed by atoms with Crippen molar-refractivity contribution in [1.82, 2.24) is 4.72 Å². The van der Waals surface area contributed by atoms with Gasteiger partial charge in [0.15, 0.2) is 0 Å². The van der Waals surface area contributed by atoms with E-state index in [9.17, 15) is 36.3 Å². The van der Waals surface area contributed by atoms with Crippen molar-refractivity contribution >= 4 is 55.3 Å². The van der Waals surface area contributed by atoms with Crippen LogP contribution in [0.4, 0.5) is 29.3 Å². The Morgan fingerprint density at radius 3 is 2.15 bits per heavy atom. The summed E-state index contributed by atoms with van der Waals surface area (Å²) in [5.74, 6) is -2.21. The number of amides is 2.